The summed E-state index contributed by atoms with van der Waals surface area (Å²) in [6, 6.07) is 16.9. The monoisotopic (exact) mass is 389 g/mol. The van der Waals surface area contributed by atoms with Crippen LogP contribution >= 0.6 is 12.2 Å². The molecule has 5 rings (SSSR count). The number of nitrogens with zero attached hydrogens (tertiary/aromatic N) is 3. The van der Waals surface area contributed by atoms with Crippen LogP contribution in [-0.2, 0) is 13.1 Å². The molecule has 0 radical (unpaired) electrons. The quantitative estimate of drug-likeness (QED) is 0.506. The Hall–Kier alpha value is -2.70. The van der Waals surface area contributed by atoms with Crippen LogP contribution in [0.5, 0.6) is 0 Å². The van der Waals surface area contributed by atoms with Gasteiger partial charge in [-0.2, -0.15) is 0 Å². The molecule has 0 bridgehead atoms. The van der Waals surface area contributed by atoms with E-state index in [-0.39, 0.29) is 0 Å². The second-order valence-corrected chi connectivity index (χ2v) is 7.94. The van der Waals surface area contributed by atoms with Gasteiger partial charge in [-0.15, -0.1) is 0 Å². The van der Waals surface area contributed by atoms with Crippen LogP contribution in [0.15, 0.2) is 48.5 Å². The summed E-state index contributed by atoms with van der Waals surface area (Å²) >= 11 is 5.61. The molecule has 0 spiro atoms. The maximum atomic E-state index is 6.19. The van der Waals surface area contributed by atoms with E-state index in [4.69, 9.17) is 18.0 Å². The van der Waals surface area contributed by atoms with E-state index >= 15 is 0 Å². The average molecular weight is 390 g/mol. The van der Waals surface area contributed by atoms with Crippen LogP contribution in [0.25, 0.3) is 21.9 Å². The number of anilines is 1. The summed E-state index contributed by atoms with van der Waals surface area (Å²) in [4.78, 5) is 10.3. The van der Waals surface area contributed by atoms with Gasteiger partial charge in [-0.25, -0.2) is 4.98 Å². The van der Waals surface area contributed by atoms with E-state index in [1.54, 1.807) is 0 Å². The Bertz CT molecular complexity index is 1200. The number of nitrogens with one attached hydrogen (secondary N) is 1. The molecule has 1 saturated heterocycles. The lowest BCUT2D eigenvalue weighted by molar-refractivity contribution is 0.331. The fraction of sp³-hybridized carbons (Fsp3) is 0.273. The van der Waals surface area contributed by atoms with Crippen molar-refractivity contribution in [2.75, 3.05) is 18.8 Å². The average Bonchev–Trinajstić information content (AvgIpc) is 3.32. The minimum atomic E-state index is 0.486. The predicted molar refractivity (Wildman–Crippen MR) is 117 cm³/mol. The van der Waals surface area contributed by atoms with Gasteiger partial charge in [-0.05, 0) is 55.3 Å². The van der Waals surface area contributed by atoms with Crippen molar-refractivity contribution >= 4 is 40.0 Å². The van der Waals surface area contributed by atoms with E-state index in [1.165, 1.54) is 37.1 Å². The lowest BCUT2D eigenvalue weighted by Gasteiger charge is -2.15. The highest BCUT2D eigenvalue weighted by Crippen LogP contribution is 2.28. The highest BCUT2D eigenvalue weighted by atomic mass is 32.1. The van der Waals surface area contributed by atoms with Gasteiger partial charge in [-0.1, -0.05) is 42.5 Å². The van der Waals surface area contributed by atoms with Crippen molar-refractivity contribution in [3.05, 3.63) is 64.4 Å². The first-order valence-electron chi connectivity index (χ1n) is 9.76. The smallest absolute Gasteiger partial charge is 0.178 e. The zero-order valence-corrected chi connectivity index (χ0v) is 16.5. The molecular weight excluding hydrogens is 366 g/mol. The molecule has 0 saturated carbocycles. The molecule has 0 unspecified atom stereocenters. The van der Waals surface area contributed by atoms with E-state index in [0.717, 1.165) is 28.5 Å². The minimum Gasteiger partial charge on any atom is -0.382 e. The van der Waals surface area contributed by atoms with Crippen LogP contribution in [0.2, 0.25) is 0 Å². The summed E-state index contributed by atoms with van der Waals surface area (Å²) in [5.74, 6) is 0.486. The molecule has 28 heavy (non-hydrogen) atoms. The highest BCUT2D eigenvalue weighted by molar-refractivity contribution is 7.71. The lowest BCUT2D eigenvalue weighted by atomic mass is 10.1. The number of para-hydroxylation sites is 1. The van der Waals surface area contributed by atoms with Gasteiger partial charge in [0.25, 0.3) is 0 Å². The minimum absolute atomic E-state index is 0.486. The number of H-pyrrole nitrogens is 1. The summed E-state index contributed by atoms with van der Waals surface area (Å²) in [7, 11) is 0. The number of rotatable bonds is 4. The van der Waals surface area contributed by atoms with Crippen LogP contribution in [0.1, 0.15) is 24.0 Å². The molecule has 4 aromatic rings. The third-order valence-corrected chi connectivity index (χ3v) is 5.93. The van der Waals surface area contributed by atoms with Crippen LogP contribution in [0.3, 0.4) is 0 Å². The molecule has 5 nitrogen and oxygen atoms in total. The molecule has 6 heteroatoms. The van der Waals surface area contributed by atoms with E-state index < -0.39 is 0 Å². The molecule has 3 heterocycles. The number of imidazole rings is 1. The molecular formula is C22H23N5S. The third kappa shape index (κ3) is 3.08. The zero-order valence-electron chi connectivity index (χ0n) is 15.7. The van der Waals surface area contributed by atoms with E-state index in [9.17, 15) is 0 Å². The topological polar surface area (TPSA) is 62.9 Å². The van der Waals surface area contributed by atoms with E-state index in [0.29, 0.717) is 17.1 Å². The lowest BCUT2D eigenvalue weighted by Crippen LogP contribution is -2.18. The van der Waals surface area contributed by atoms with Crippen LogP contribution in [0, 0.1) is 4.77 Å². The van der Waals surface area contributed by atoms with Crippen molar-refractivity contribution in [2.45, 2.75) is 25.9 Å². The van der Waals surface area contributed by atoms with Crippen molar-refractivity contribution in [3.63, 3.8) is 0 Å². The number of aromatic amines is 1. The largest absolute Gasteiger partial charge is 0.382 e. The fourth-order valence-corrected chi connectivity index (χ4v) is 4.43. The number of benzene rings is 2. The summed E-state index contributed by atoms with van der Waals surface area (Å²) < 4.78 is 2.79. The van der Waals surface area contributed by atoms with Gasteiger partial charge in [0.1, 0.15) is 11.3 Å². The third-order valence-electron chi connectivity index (χ3n) is 5.61. The second kappa shape index (κ2) is 7.04. The molecule has 1 fully saturated rings. The predicted octanol–water partition coefficient (Wildman–Crippen LogP) is 4.47. The maximum absolute atomic E-state index is 6.19. The van der Waals surface area contributed by atoms with E-state index in [1.807, 2.05) is 18.2 Å². The number of nitrogen functional groups attached to an aromatic ring is 1. The number of hydrogen-bond donors (Lipinski definition) is 2. The number of pyridine rings is 1. The van der Waals surface area contributed by atoms with Crippen LogP contribution in [0.4, 0.5) is 5.82 Å². The van der Waals surface area contributed by atoms with Gasteiger partial charge in [0.15, 0.2) is 4.77 Å². The summed E-state index contributed by atoms with van der Waals surface area (Å²) in [5.41, 5.74) is 11.5. The normalized spacial score (nSPS) is 15.0. The second-order valence-electron chi connectivity index (χ2n) is 7.55. The van der Waals surface area contributed by atoms with Gasteiger partial charge >= 0.3 is 0 Å². The fourth-order valence-electron chi connectivity index (χ4n) is 4.18. The first-order valence-corrected chi connectivity index (χ1v) is 10.2. The number of aromatic nitrogens is 3. The molecule has 1 aliphatic heterocycles. The van der Waals surface area contributed by atoms with Gasteiger partial charge < -0.3 is 15.3 Å². The van der Waals surface area contributed by atoms with Crippen molar-refractivity contribution in [3.8, 4) is 0 Å². The number of fused-ring (bicyclic) bond motifs is 3. The van der Waals surface area contributed by atoms with Gasteiger partial charge in [0.05, 0.1) is 17.6 Å². The Morgan fingerprint density at radius 3 is 2.39 bits per heavy atom. The van der Waals surface area contributed by atoms with Crippen molar-refractivity contribution < 1.29 is 0 Å². The Kier molecular flexibility index (Phi) is 4.37. The van der Waals surface area contributed by atoms with Gasteiger partial charge in [0, 0.05) is 11.9 Å². The van der Waals surface area contributed by atoms with Crippen molar-refractivity contribution in [2.24, 2.45) is 0 Å². The van der Waals surface area contributed by atoms with Crippen LogP contribution < -0.4 is 5.73 Å². The molecule has 0 atom stereocenters. The number of nitrogens with two attached hydrogens (primary N) is 1. The first kappa shape index (κ1) is 17.4. The summed E-state index contributed by atoms with van der Waals surface area (Å²) in [6.45, 7) is 4.18. The number of likely N-dealkylation sites (tertiary alicyclic amines) is 1. The molecule has 2 aromatic heterocycles. The Balaban J connectivity index is 1.51. The van der Waals surface area contributed by atoms with Crippen LogP contribution in [-0.4, -0.2) is 32.5 Å². The van der Waals surface area contributed by atoms with Gasteiger partial charge in [0.2, 0.25) is 0 Å². The number of hydrogen-bond acceptors (Lipinski definition) is 4. The Morgan fingerprint density at radius 2 is 1.64 bits per heavy atom. The Morgan fingerprint density at radius 1 is 0.964 bits per heavy atom. The first-order chi connectivity index (χ1) is 13.7. The molecule has 0 amide bonds. The molecule has 1 aliphatic rings. The standard InChI is InChI=1S/C22H23N5S/c23-21-19-20(17-5-1-2-6-18(17)24-21)27(22(28)25-19)14-16-9-7-15(8-10-16)13-26-11-3-4-12-26/h1-2,5-10H,3-4,11-14H2,(H2,23,24)(H,25,28). The summed E-state index contributed by atoms with van der Waals surface area (Å²) in [6.07, 6.45) is 2.64. The molecule has 2 aromatic carbocycles. The molecule has 3 N–H and O–H groups in total. The maximum Gasteiger partial charge on any atom is 0.178 e. The summed E-state index contributed by atoms with van der Waals surface area (Å²) in [5, 5.41) is 1.06. The zero-order chi connectivity index (χ0) is 19.1. The van der Waals surface area contributed by atoms with Crippen molar-refractivity contribution in [1.29, 1.82) is 0 Å². The van der Waals surface area contributed by atoms with Crippen molar-refractivity contribution in [1.82, 2.24) is 19.4 Å². The van der Waals surface area contributed by atoms with E-state index in [2.05, 4.69) is 49.8 Å². The Labute approximate surface area is 168 Å². The van der Waals surface area contributed by atoms with Gasteiger partial charge in [-0.3, -0.25) is 4.90 Å². The highest BCUT2D eigenvalue weighted by Gasteiger charge is 2.14. The molecule has 0 aliphatic carbocycles. The molecule has 142 valence electrons. The SMILES string of the molecule is Nc1nc2ccccc2c2c1[nH]c(=S)n2Cc1ccc(CN2CCCC2)cc1.